The van der Waals surface area contributed by atoms with E-state index in [9.17, 15) is 24.0 Å². The Balaban J connectivity index is 1.60. The molecule has 14 heteroatoms. The normalized spacial score (nSPS) is 18.6. The summed E-state index contributed by atoms with van der Waals surface area (Å²) in [6.45, 7) is -0.604. The fourth-order valence-corrected chi connectivity index (χ4v) is 5.52. The lowest BCUT2D eigenvalue weighted by atomic mass is 9.99. The number of rotatable bonds is 10. The number of aromatic nitrogens is 1. The van der Waals surface area contributed by atoms with E-state index in [4.69, 9.17) is 15.2 Å². The maximum absolute atomic E-state index is 14.0. The van der Waals surface area contributed by atoms with Gasteiger partial charge in [-0.25, -0.2) is 19.4 Å². The second-order valence-electron chi connectivity index (χ2n) is 9.37. The molecule has 0 bridgehead atoms. The number of esters is 1. The number of hydrogen-bond acceptors (Lipinski definition) is 10. The molecule has 0 radical (unpaired) electrons. The van der Waals surface area contributed by atoms with Crippen LogP contribution in [0.5, 0.6) is 0 Å². The van der Waals surface area contributed by atoms with E-state index in [1.807, 2.05) is 30.3 Å². The highest BCUT2D eigenvalue weighted by molar-refractivity contribution is 7.14. The van der Waals surface area contributed by atoms with Gasteiger partial charge in [0.2, 0.25) is 18.5 Å². The molecule has 3 heterocycles. The highest BCUT2D eigenvalue weighted by Gasteiger charge is 2.64. The Bertz CT molecular complexity index is 1570. The Kier molecular flexibility index (Phi) is 7.99. The molecule has 4 N–H and O–H groups in total. The first-order valence-electron chi connectivity index (χ1n) is 12.7. The topological polar surface area (TPSA) is 176 Å². The average molecular weight is 593 g/mol. The van der Waals surface area contributed by atoms with Crippen LogP contribution in [-0.4, -0.2) is 65.7 Å². The summed E-state index contributed by atoms with van der Waals surface area (Å²) in [5.41, 5.74) is 6.97. The van der Waals surface area contributed by atoms with Gasteiger partial charge in [-0.1, -0.05) is 46.9 Å². The van der Waals surface area contributed by atoms with Crippen LogP contribution in [0.15, 0.2) is 71.6 Å². The van der Waals surface area contributed by atoms with Crippen molar-refractivity contribution in [2.45, 2.75) is 18.9 Å². The zero-order chi connectivity index (χ0) is 29.9. The second kappa shape index (κ2) is 11.8. The molecule has 5 rings (SSSR count). The van der Waals surface area contributed by atoms with Crippen molar-refractivity contribution in [3.8, 4) is 0 Å². The summed E-state index contributed by atoms with van der Waals surface area (Å²) in [4.78, 5) is 69.1. The number of primary amides is 1. The number of nitrogens with one attached hydrogen (secondary N) is 2. The van der Waals surface area contributed by atoms with Gasteiger partial charge < -0.3 is 19.9 Å². The molecular weight excluding hydrogens is 566 g/mol. The molecule has 2 atom stereocenters. The van der Waals surface area contributed by atoms with E-state index in [0.29, 0.717) is 5.56 Å². The van der Waals surface area contributed by atoms with Crippen molar-refractivity contribution in [2.24, 2.45) is 5.73 Å². The van der Waals surface area contributed by atoms with E-state index in [-0.39, 0.29) is 54.2 Å². The van der Waals surface area contributed by atoms with Gasteiger partial charge in [0.05, 0.1) is 7.11 Å². The minimum absolute atomic E-state index is 0.0179. The average Bonchev–Trinajstić information content (AvgIpc) is 3.72. The third-order valence-electron chi connectivity index (χ3n) is 6.87. The summed E-state index contributed by atoms with van der Waals surface area (Å²) in [5.74, 6) is -2.56. The van der Waals surface area contributed by atoms with Crippen LogP contribution in [-0.2, 0) is 36.6 Å². The molecule has 2 aliphatic heterocycles. The molecule has 2 aliphatic rings. The number of nitrogens with two attached hydrogens (primary N) is 1. The van der Waals surface area contributed by atoms with E-state index >= 15 is 0 Å². The number of ether oxygens (including phenoxy) is 3. The van der Waals surface area contributed by atoms with Crippen molar-refractivity contribution in [3.63, 3.8) is 0 Å². The van der Waals surface area contributed by atoms with Crippen LogP contribution >= 0.6 is 11.3 Å². The fourth-order valence-electron chi connectivity index (χ4n) is 4.83. The Morgan fingerprint density at radius 1 is 1.10 bits per heavy atom. The molecular formula is C28H26N5O8S+. The lowest BCUT2D eigenvalue weighted by Gasteiger charge is -2.33. The summed E-state index contributed by atoms with van der Waals surface area (Å²) in [7, 11) is 1.20. The van der Waals surface area contributed by atoms with Gasteiger partial charge in [0.1, 0.15) is 6.54 Å². The number of thiazole rings is 1. The van der Waals surface area contributed by atoms with Crippen LogP contribution in [0.4, 0.5) is 9.93 Å². The van der Waals surface area contributed by atoms with Gasteiger partial charge in [0.15, 0.2) is 16.9 Å². The fraction of sp³-hybridized carbons (Fsp3) is 0.214. The summed E-state index contributed by atoms with van der Waals surface area (Å²) < 4.78 is 15.1. The molecule has 0 saturated carbocycles. The second-order valence-corrected chi connectivity index (χ2v) is 10.2. The maximum Gasteiger partial charge on any atom is 0.433 e. The van der Waals surface area contributed by atoms with E-state index in [2.05, 4.69) is 20.4 Å². The molecule has 0 spiro atoms. The van der Waals surface area contributed by atoms with E-state index in [1.54, 1.807) is 12.1 Å². The van der Waals surface area contributed by atoms with E-state index in [1.165, 1.54) is 24.6 Å². The first-order chi connectivity index (χ1) is 20.2. The predicted octanol–water partition coefficient (Wildman–Crippen LogP) is 2.06. The third-order valence-corrected chi connectivity index (χ3v) is 7.62. The first kappa shape index (κ1) is 28.4. The predicted molar refractivity (Wildman–Crippen MR) is 147 cm³/mol. The van der Waals surface area contributed by atoms with Crippen molar-refractivity contribution in [1.29, 1.82) is 0 Å². The number of carbonyl (C=O) groups is 5. The van der Waals surface area contributed by atoms with Gasteiger partial charge in [-0.05, 0) is 23.3 Å². The number of urea groups is 1. The molecule has 216 valence electrons. The largest absolute Gasteiger partial charge is 0.464 e. The van der Waals surface area contributed by atoms with Crippen molar-refractivity contribution in [1.82, 2.24) is 10.3 Å². The van der Waals surface area contributed by atoms with Gasteiger partial charge in [-0.3, -0.25) is 20.2 Å². The zero-order valence-electron chi connectivity index (χ0n) is 22.3. The number of anilines is 1. The van der Waals surface area contributed by atoms with Crippen molar-refractivity contribution in [2.75, 3.05) is 25.8 Å². The van der Waals surface area contributed by atoms with Crippen LogP contribution < -0.4 is 16.4 Å². The van der Waals surface area contributed by atoms with Gasteiger partial charge in [-0.2, -0.15) is 0 Å². The molecule has 1 fully saturated rings. The molecule has 1 aromatic heterocycles. The number of benzene rings is 2. The number of carbonyl (C=O) groups excluding carboxylic acids is 5. The van der Waals surface area contributed by atoms with Crippen LogP contribution in [0, 0.1) is 0 Å². The number of methoxy groups -OCH3 is 1. The Labute approximate surface area is 243 Å². The van der Waals surface area contributed by atoms with Gasteiger partial charge in [0.25, 0.3) is 5.91 Å². The number of quaternary nitrogens is 1. The van der Waals surface area contributed by atoms with Crippen molar-refractivity contribution in [3.05, 3.63) is 94.0 Å². The zero-order valence-corrected chi connectivity index (χ0v) is 23.1. The molecule has 13 nitrogen and oxygen atoms in total. The molecule has 1 unspecified atom stereocenters. The lowest BCUT2D eigenvalue weighted by molar-refractivity contribution is -0.763. The number of imide groups is 1. The number of nitrogens with zero attached hydrogens (tertiary/aromatic N) is 2. The smallest absolute Gasteiger partial charge is 0.433 e. The Hall–Kier alpha value is -5.08. The first-order valence-corrected chi connectivity index (χ1v) is 13.6. The van der Waals surface area contributed by atoms with E-state index < -0.39 is 40.2 Å². The molecule has 0 aliphatic carbocycles. The third kappa shape index (κ3) is 5.32. The highest BCUT2D eigenvalue weighted by atomic mass is 32.1. The molecule has 1 saturated heterocycles. The standard InChI is InChI=1S/C28H25N5O8S/c1-39-26(37)19-14-42-27(31-19)32-24(36)20(11-17-7-9-18(10-8-17)23(29)35)33(22(34)13-30-28(33)38)25-21(40-15-41-25)12-16-5-3-2-4-6-16/h2-10,14,20H,11-13,15H2,1H3,(H3-,29,30,31,32,35,36,38)/p+1/t20-,33?/m0/s1. The monoisotopic (exact) mass is 592 g/mol. The lowest BCUT2D eigenvalue weighted by Crippen LogP contribution is -2.64. The van der Waals surface area contributed by atoms with Crippen molar-refractivity contribution >= 4 is 46.2 Å². The number of amides is 5. The SMILES string of the molecule is COC(=O)c1csc(NC(=O)[C@H](Cc2ccc(C(N)=O)cc2)[N+]2(C3=C(Cc4ccccc4)OCO3)C(=O)CNC2=O)n1. The summed E-state index contributed by atoms with van der Waals surface area (Å²) in [6.07, 6.45) is 0.0676. The number of allylic oxidation sites excluding steroid dienone is 1. The summed E-state index contributed by atoms with van der Waals surface area (Å²) in [5, 5.41) is 6.66. The van der Waals surface area contributed by atoms with E-state index in [0.717, 1.165) is 16.9 Å². The number of hydrogen-bond donors (Lipinski definition) is 3. The van der Waals surface area contributed by atoms with Crippen molar-refractivity contribution < 1.29 is 42.7 Å². The molecule has 5 amide bonds. The van der Waals surface area contributed by atoms with Gasteiger partial charge >= 0.3 is 23.8 Å². The van der Waals surface area contributed by atoms with Crippen LogP contribution in [0.25, 0.3) is 0 Å². The van der Waals surface area contributed by atoms with Gasteiger partial charge in [-0.15, -0.1) is 11.3 Å². The molecule has 3 aromatic rings. The minimum atomic E-state index is -1.41. The highest BCUT2D eigenvalue weighted by Crippen LogP contribution is 2.37. The van der Waals surface area contributed by atoms with Crippen LogP contribution in [0.3, 0.4) is 0 Å². The molecule has 42 heavy (non-hydrogen) atoms. The Morgan fingerprint density at radius 3 is 2.48 bits per heavy atom. The van der Waals surface area contributed by atoms with Crippen LogP contribution in [0.2, 0.25) is 0 Å². The summed E-state index contributed by atoms with van der Waals surface area (Å²) in [6, 6.07) is 13.2. The molecule has 2 aromatic carbocycles. The minimum Gasteiger partial charge on any atom is -0.464 e. The maximum atomic E-state index is 14.0. The summed E-state index contributed by atoms with van der Waals surface area (Å²) >= 11 is 0.972. The van der Waals surface area contributed by atoms with Gasteiger partial charge in [0, 0.05) is 23.8 Å². The Morgan fingerprint density at radius 2 is 1.83 bits per heavy atom. The van der Waals surface area contributed by atoms with Crippen LogP contribution in [0.1, 0.15) is 32.0 Å². The quantitative estimate of drug-likeness (QED) is 0.181.